The SMILES string of the molecule is CC(=O)c1ccccc1COc1cccc2c1C(=O)c1c(O)cccc1C2. The average molecular weight is 358 g/mol. The predicted molar refractivity (Wildman–Crippen MR) is 102 cm³/mol. The summed E-state index contributed by atoms with van der Waals surface area (Å²) in [5, 5.41) is 10.1. The zero-order valence-electron chi connectivity index (χ0n) is 14.9. The van der Waals surface area contributed by atoms with E-state index in [0.717, 1.165) is 16.7 Å². The molecule has 0 bridgehead atoms. The van der Waals surface area contributed by atoms with Gasteiger partial charge in [0.2, 0.25) is 5.78 Å². The van der Waals surface area contributed by atoms with Gasteiger partial charge in [-0.25, -0.2) is 0 Å². The molecule has 4 nitrogen and oxygen atoms in total. The van der Waals surface area contributed by atoms with Crippen molar-refractivity contribution in [1.82, 2.24) is 0 Å². The van der Waals surface area contributed by atoms with Gasteiger partial charge in [-0.2, -0.15) is 0 Å². The molecule has 3 aromatic carbocycles. The molecule has 1 aliphatic rings. The van der Waals surface area contributed by atoms with Gasteiger partial charge in [0.15, 0.2) is 5.78 Å². The number of ether oxygens (including phenoxy) is 1. The monoisotopic (exact) mass is 358 g/mol. The number of carbonyl (C=O) groups is 2. The van der Waals surface area contributed by atoms with Gasteiger partial charge in [0.1, 0.15) is 18.1 Å². The maximum absolute atomic E-state index is 13.0. The van der Waals surface area contributed by atoms with Crippen molar-refractivity contribution in [1.29, 1.82) is 0 Å². The van der Waals surface area contributed by atoms with Crippen LogP contribution in [-0.4, -0.2) is 16.7 Å². The van der Waals surface area contributed by atoms with Gasteiger partial charge in [-0.15, -0.1) is 0 Å². The Bertz CT molecular complexity index is 1070. The van der Waals surface area contributed by atoms with Gasteiger partial charge in [0.25, 0.3) is 0 Å². The molecule has 0 aliphatic heterocycles. The number of ketones is 2. The molecule has 0 amide bonds. The third-order valence-corrected chi connectivity index (χ3v) is 4.86. The summed E-state index contributed by atoms with van der Waals surface area (Å²) >= 11 is 0. The van der Waals surface area contributed by atoms with Gasteiger partial charge in [-0.1, -0.05) is 48.5 Å². The fourth-order valence-corrected chi connectivity index (χ4v) is 3.57. The number of hydrogen-bond donors (Lipinski definition) is 1. The van der Waals surface area contributed by atoms with E-state index in [1.807, 2.05) is 36.4 Å². The lowest BCUT2D eigenvalue weighted by molar-refractivity contribution is 0.100. The van der Waals surface area contributed by atoms with Crippen molar-refractivity contribution in [3.63, 3.8) is 0 Å². The Kier molecular flexibility index (Phi) is 4.24. The minimum atomic E-state index is -0.236. The van der Waals surface area contributed by atoms with Crippen LogP contribution in [0.3, 0.4) is 0 Å². The van der Waals surface area contributed by atoms with Gasteiger partial charge < -0.3 is 9.84 Å². The van der Waals surface area contributed by atoms with E-state index in [1.165, 1.54) is 13.0 Å². The van der Waals surface area contributed by atoms with Gasteiger partial charge in [-0.05, 0) is 36.6 Å². The second-order valence-electron chi connectivity index (χ2n) is 6.61. The second-order valence-corrected chi connectivity index (χ2v) is 6.61. The smallest absolute Gasteiger partial charge is 0.201 e. The zero-order chi connectivity index (χ0) is 19.0. The summed E-state index contributed by atoms with van der Waals surface area (Å²) in [7, 11) is 0. The topological polar surface area (TPSA) is 63.6 Å². The van der Waals surface area contributed by atoms with Crippen molar-refractivity contribution in [2.24, 2.45) is 0 Å². The van der Waals surface area contributed by atoms with E-state index in [1.54, 1.807) is 18.2 Å². The number of Topliss-reactive ketones (excluding diaryl/α,β-unsaturated/α-hetero) is 1. The van der Waals surface area contributed by atoms with Crippen LogP contribution in [0.1, 0.15) is 49.9 Å². The van der Waals surface area contributed by atoms with Crippen LogP contribution < -0.4 is 4.74 Å². The van der Waals surface area contributed by atoms with Crippen molar-refractivity contribution in [3.8, 4) is 11.5 Å². The van der Waals surface area contributed by atoms with Crippen molar-refractivity contribution in [3.05, 3.63) is 94.0 Å². The standard InChI is InChI=1S/C23H18O4/c1-14(24)18-9-3-2-6-17(18)13-27-20-11-5-8-16-12-15-7-4-10-19(25)21(15)23(26)22(16)20/h2-11,25H,12-13H2,1H3. The molecule has 4 rings (SSSR count). The quantitative estimate of drug-likeness (QED) is 0.552. The Labute approximate surface area is 157 Å². The molecule has 1 aliphatic carbocycles. The van der Waals surface area contributed by atoms with Crippen LogP contribution in [0.15, 0.2) is 60.7 Å². The molecule has 1 N–H and O–H groups in total. The van der Waals surface area contributed by atoms with Crippen LogP contribution in [0.4, 0.5) is 0 Å². The molecule has 0 unspecified atom stereocenters. The highest BCUT2D eigenvalue weighted by Crippen LogP contribution is 2.37. The van der Waals surface area contributed by atoms with Gasteiger partial charge >= 0.3 is 0 Å². The Hall–Kier alpha value is -3.40. The summed E-state index contributed by atoms with van der Waals surface area (Å²) in [5.74, 6) is 0.184. The lowest BCUT2D eigenvalue weighted by Crippen LogP contribution is -2.17. The first-order valence-electron chi connectivity index (χ1n) is 8.75. The van der Waals surface area contributed by atoms with E-state index in [-0.39, 0.29) is 23.9 Å². The normalized spacial score (nSPS) is 12.3. The minimum Gasteiger partial charge on any atom is -0.507 e. The average Bonchev–Trinajstić information content (AvgIpc) is 2.66. The van der Waals surface area contributed by atoms with E-state index in [0.29, 0.717) is 28.9 Å². The van der Waals surface area contributed by atoms with Crippen molar-refractivity contribution in [2.45, 2.75) is 20.0 Å². The molecule has 0 saturated heterocycles. The number of hydrogen-bond acceptors (Lipinski definition) is 4. The summed E-state index contributed by atoms with van der Waals surface area (Å²) in [5.41, 5.74) is 3.88. The molecule has 134 valence electrons. The summed E-state index contributed by atoms with van der Waals surface area (Å²) in [6.07, 6.45) is 0.562. The zero-order valence-corrected chi connectivity index (χ0v) is 14.9. The van der Waals surface area contributed by atoms with Crippen LogP contribution in [0, 0.1) is 0 Å². The molecule has 0 spiro atoms. The first-order chi connectivity index (χ1) is 13.1. The molecule has 4 heteroatoms. The number of carbonyl (C=O) groups excluding carboxylic acids is 2. The number of benzene rings is 3. The largest absolute Gasteiger partial charge is 0.507 e. The van der Waals surface area contributed by atoms with E-state index < -0.39 is 0 Å². The molecule has 0 heterocycles. The first kappa shape index (κ1) is 17.0. The van der Waals surface area contributed by atoms with Gasteiger partial charge in [0, 0.05) is 11.1 Å². The minimum absolute atomic E-state index is 0.0140. The van der Waals surface area contributed by atoms with Crippen LogP contribution in [0.25, 0.3) is 0 Å². The van der Waals surface area contributed by atoms with Crippen LogP contribution in [0.5, 0.6) is 11.5 Å². The second kappa shape index (κ2) is 6.72. The van der Waals surface area contributed by atoms with Crippen LogP contribution in [-0.2, 0) is 13.0 Å². The Morgan fingerprint density at radius 3 is 2.44 bits per heavy atom. The highest BCUT2D eigenvalue weighted by Gasteiger charge is 2.29. The lowest BCUT2D eigenvalue weighted by Gasteiger charge is -2.22. The molecule has 0 atom stereocenters. The molecule has 27 heavy (non-hydrogen) atoms. The fraction of sp³-hybridized carbons (Fsp3) is 0.130. The van der Waals surface area contributed by atoms with Crippen molar-refractivity contribution in [2.75, 3.05) is 0 Å². The van der Waals surface area contributed by atoms with Crippen molar-refractivity contribution < 1.29 is 19.4 Å². The first-order valence-corrected chi connectivity index (χ1v) is 8.75. The lowest BCUT2D eigenvalue weighted by atomic mass is 9.84. The number of fused-ring (bicyclic) bond motifs is 2. The van der Waals surface area contributed by atoms with Gasteiger partial charge in [0.05, 0.1) is 11.1 Å². The highest BCUT2D eigenvalue weighted by molar-refractivity contribution is 6.15. The molecular formula is C23H18O4. The third kappa shape index (κ3) is 2.99. The Balaban J connectivity index is 1.69. The maximum atomic E-state index is 13.0. The van der Waals surface area contributed by atoms with E-state index in [4.69, 9.17) is 4.74 Å². The summed E-state index contributed by atoms with van der Waals surface area (Å²) in [4.78, 5) is 24.8. The fourth-order valence-electron chi connectivity index (χ4n) is 3.57. The predicted octanol–water partition coefficient (Wildman–Crippen LogP) is 4.31. The molecule has 0 aromatic heterocycles. The van der Waals surface area contributed by atoms with E-state index in [9.17, 15) is 14.7 Å². The number of phenolic OH excluding ortho intramolecular Hbond substituents is 1. The van der Waals surface area contributed by atoms with Crippen molar-refractivity contribution >= 4 is 11.6 Å². The third-order valence-electron chi connectivity index (χ3n) is 4.86. The molecule has 0 fully saturated rings. The van der Waals surface area contributed by atoms with Crippen LogP contribution >= 0.6 is 0 Å². The number of aromatic hydroxyl groups is 1. The molecule has 0 radical (unpaired) electrons. The summed E-state index contributed by atoms with van der Waals surface area (Å²) < 4.78 is 5.95. The molecular weight excluding hydrogens is 340 g/mol. The summed E-state index contributed by atoms with van der Waals surface area (Å²) in [6, 6.07) is 17.9. The highest BCUT2D eigenvalue weighted by atomic mass is 16.5. The summed E-state index contributed by atoms with van der Waals surface area (Å²) in [6.45, 7) is 1.71. The number of phenols is 1. The van der Waals surface area contributed by atoms with Crippen LogP contribution in [0.2, 0.25) is 0 Å². The van der Waals surface area contributed by atoms with Gasteiger partial charge in [-0.3, -0.25) is 9.59 Å². The maximum Gasteiger partial charge on any atom is 0.201 e. The Morgan fingerprint density at radius 2 is 1.67 bits per heavy atom. The number of rotatable bonds is 4. The Morgan fingerprint density at radius 1 is 0.963 bits per heavy atom. The molecule has 3 aromatic rings. The van der Waals surface area contributed by atoms with E-state index in [2.05, 4.69) is 0 Å². The van der Waals surface area contributed by atoms with E-state index >= 15 is 0 Å². The molecule has 0 saturated carbocycles.